The molecule has 1 fully saturated rings. The molecule has 0 bridgehead atoms. The van der Waals surface area contributed by atoms with Crippen molar-refractivity contribution in [3.63, 3.8) is 0 Å². The molecule has 6 nitrogen and oxygen atoms in total. The van der Waals surface area contributed by atoms with Crippen molar-refractivity contribution in [2.75, 3.05) is 11.9 Å². The van der Waals surface area contributed by atoms with Crippen LogP contribution >= 0.6 is 0 Å². The summed E-state index contributed by atoms with van der Waals surface area (Å²) in [5, 5.41) is 13.6. The van der Waals surface area contributed by atoms with Gasteiger partial charge in [0.25, 0.3) is 0 Å². The van der Waals surface area contributed by atoms with Gasteiger partial charge in [0.05, 0.1) is 12.6 Å². The molecular formula is C19H20N4O2. The maximum Gasteiger partial charge on any atom is 0.167 e. The predicted octanol–water partition coefficient (Wildman–Crippen LogP) is 3.01. The SMILES string of the molecule is CN(Cc1cc(-c2ccccc2)on1)c1cc(C2CC(O)C2)ncn1. The minimum atomic E-state index is -0.187. The van der Waals surface area contributed by atoms with Gasteiger partial charge >= 0.3 is 0 Å². The first-order chi connectivity index (χ1) is 12.2. The van der Waals surface area contributed by atoms with Crippen LogP contribution in [-0.4, -0.2) is 33.4 Å². The molecule has 4 rings (SSSR count). The molecule has 6 heteroatoms. The van der Waals surface area contributed by atoms with E-state index in [9.17, 15) is 5.11 Å². The van der Waals surface area contributed by atoms with E-state index in [2.05, 4.69) is 15.1 Å². The Morgan fingerprint density at radius 2 is 1.96 bits per heavy atom. The molecule has 2 aromatic heterocycles. The number of aliphatic hydroxyl groups is 1. The van der Waals surface area contributed by atoms with E-state index < -0.39 is 0 Å². The van der Waals surface area contributed by atoms with E-state index in [1.807, 2.05) is 54.4 Å². The number of rotatable bonds is 5. The molecule has 0 amide bonds. The fraction of sp³-hybridized carbons (Fsp3) is 0.316. The van der Waals surface area contributed by atoms with E-state index in [1.165, 1.54) is 0 Å². The molecular weight excluding hydrogens is 316 g/mol. The lowest BCUT2D eigenvalue weighted by Crippen LogP contribution is -2.27. The maximum absolute atomic E-state index is 9.48. The first-order valence-corrected chi connectivity index (χ1v) is 8.41. The monoisotopic (exact) mass is 336 g/mol. The Bertz CT molecular complexity index is 843. The van der Waals surface area contributed by atoms with Gasteiger partial charge in [0.15, 0.2) is 5.76 Å². The third kappa shape index (κ3) is 3.39. The number of benzene rings is 1. The second-order valence-corrected chi connectivity index (χ2v) is 6.53. The molecule has 0 radical (unpaired) electrons. The smallest absolute Gasteiger partial charge is 0.167 e. The number of hydrogen-bond donors (Lipinski definition) is 1. The van der Waals surface area contributed by atoms with E-state index in [0.717, 1.165) is 41.4 Å². The minimum absolute atomic E-state index is 0.187. The van der Waals surface area contributed by atoms with Crippen LogP contribution < -0.4 is 4.90 Å². The Kier molecular flexibility index (Phi) is 4.19. The quantitative estimate of drug-likeness (QED) is 0.772. The molecule has 0 saturated heterocycles. The van der Waals surface area contributed by atoms with E-state index in [4.69, 9.17) is 4.52 Å². The van der Waals surface area contributed by atoms with Crippen LogP contribution in [0.1, 0.15) is 30.1 Å². The molecule has 3 aromatic rings. The van der Waals surface area contributed by atoms with E-state index >= 15 is 0 Å². The molecule has 0 spiro atoms. The van der Waals surface area contributed by atoms with Crippen LogP contribution in [0.2, 0.25) is 0 Å². The molecule has 25 heavy (non-hydrogen) atoms. The Balaban J connectivity index is 1.46. The summed E-state index contributed by atoms with van der Waals surface area (Å²) in [6.07, 6.45) is 2.96. The van der Waals surface area contributed by atoms with Gasteiger partial charge in [-0.3, -0.25) is 0 Å². The Hall–Kier alpha value is -2.73. The highest BCUT2D eigenvalue weighted by molar-refractivity contribution is 5.57. The minimum Gasteiger partial charge on any atom is -0.393 e. The lowest BCUT2D eigenvalue weighted by Gasteiger charge is -2.31. The highest BCUT2D eigenvalue weighted by Crippen LogP contribution is 2.36. The van der Waals surface area contributed by atoms with Gasteiger partial charge in [0, 0.05) is 36.4 Å². The van der Waals surface area contributed by atoms with Gasteiger partial charge in [-0.15, -0.1) is 0 Å². The van der Waals surface area contributed by atoms with Crippen LogP contribution in [0.3, 0.4) is 0 Å². The topological polar surface area (TPSA) is 75.3 Å². The summed E-state index contributed by atoms with van der Waals surface area (Å²) in [6.45, 7) is 0.597. The molecule has 1 aromatic carbocycles. The summed E-state index contributed by atoms with van der Waals surface area (Å²) >= 11 is 0. The van der Waals surface area contributed by atoms with Gasteiger partial charge in [-0.25, -0.2) is 9.97 Å². The van der Waals surface area contributed by atoms with Gasteiger partial charge in [0.2, 0.25) is 0 Å². The number of hydrogen-bond acceptors (Lipinski definition) is 6. The molecule has 1 N–H and O–H groups in total. The van der Waals surface area contributed by atoms with E-state index in [0.29, 0.717) is 12.5 Å². The third-order valence-corrected chi connectivity index (χ3v) is 4.61. The molecule has 128 valence electrons. The number of aromatic nitrogens is 3. The molecule has 1 aliphatic rings. The van der Waals surface area contributed by atoms with Crippen LogP contribution in [-0.2, 0) is 6.54 Å². The predicted molar refractivity (Wildman–Crippen MR) is 94.1 cm³/mol. The zero-order chi connectivity index (χ0) is 17.2. The van der Waals surface area contributed by atoms with Gasteiger partial charge in [0.1, 0.15) is 17.8 Å². The summed E-state index contributed by atoms with van der Waals surface area (Å²) in [6, 6.07) is 13.9. The van der Waals surface area contributed by atoms with Crippen LogP contribution in [0.5, 0.6) is 0 Å². The number of aliphatic hydroxyl groups excluding tert-OH is 1. The normalized spacial score (nSPS) is 19.4. The largest absolute Gasteiger partial charge is 0.393 e. The highest BCUT2D eigenvalue weighted by Gasteiger charge is 2.30. The second kappa shape index (κ2) is 6.64. The average Bonchev–Trinajstić information content (AvgIpc) is 3.08. The van der Waals surface area contributed by atoms with Crippen molar-refractivity contribution in [3.8, 4) is 11.3 Å². The number of anilines is 1. The fourth-order valence-corrected chi connectivity index (χ4v) is 3.07. The first kappa shape index (κ1) is 15.8. The van der Waals surface area contributed by atoms with Crippen LogP contribution in [0.15, 0.2) is 53.3 Å². The van der Waals surface area contributed by atoms with Crippen molar-refractivity contribution in [2.24, 2.45) is 0 Å². The molecule has 1 aliphatic carbocycles. The lowest BCUT2D eigenvalue weighted by atomic mass is 9.80. The summed E-state index contributed by atoms with van der Waals surface area (Å²) in [5.41, 5.74) is 2.85. The van der Waals surface area contributed by atoms with Gasteiger partial charge in [-0.05, 0) is 12.8 Å². The highest BCUT2D eigenvalue weighted by atomic mass is 16.5. The zero-order valence-electron chi connectivity index (χ0n) is 14.0. The van der Waals surface area contributed by atoms with Gasteiger partial charge in [-0.1, -0.05) is 35.5 Å². The standard InChI is InChI=1S/C19H20N4O2/c1-23(19-10-17(20-12-21-19)14-7-16(24)8-14)11-15-9-18(25-22-15)13-5-3-2-4-6-13/h2-6,9-10,12,14,16,24H,7-8,11H2,1H3. The lowest BCUT2D eigenvalue weighted by molar-refractivity contribution is 0.0732. The van der Waals surface area contributed by atoms with Crippen molar-refractivity contribution in [2.45, 2.75) is 31.4 Å². The molecule has 0 aliphatic heterocycles. The number of nitrogens with zero attached hydrogens (tertiary/aromatic N) is 4. The van der Waals surface area contributed by atoms with Crippen LogP contribution in [0.4, 0.5) is 5.82 Å². The third-order valence-electron chi connectivity index (χ3n) is 4.61. The summed E-state index contributed by atoms with van der Waals surface area (Å²) in [4.78, 5) is 10.7. The van der Waals surface area contributed by atoms with Crippen LogP contribution in [0, 0.1) is 0 Å². The van der Waals surface area contributed by atoms with Gasteiger partial charge < -0.3 is 14.5 Å². The zero-order valence-corrected chi connectivity index (χ0v) is 14.0. The summed E-state index contributed by atoms with van der Waals surface area (Å²) in [5.74, 6) is 1.94. The van der Waals surface area contributed by atoms with Crippen molar-refractivity contribution >= 4 is 5.82 Å². The fourth-order valence-electron chi connectivity index (χ4n) is 3.07. The van der Waals surface area contributed by atoms with E-state index in [1.54, 1.807) is 6.33 Å². The average molecular weight is 336 g/mol. The first-order valence-electron chi connectivity index (χ1n) is 8.41. The van der Waals surface area contributed by atoms with Crippen LogP contribution in [0.25, 0.3) is 11.3 Å². The Morgan fingerprint density at radius 1 is 1.16 bits per heavy atom. The molecule has 0 unspecified atom stereocenters. The molecule has 1 saturated carbocycles. The van der Waals surface area contributed by atoms with Crippen molar-refractivity contribution in [1.29, 1.82) is 0 Å². The van der Waals surface area contributed by atoms with E-state index in [-0.39, 0.29) is 6.10 Å². The second-order valence-electron chi connectivity index (χ2n) is 6.53. The maximum atomic E-state index is 9.48. The van der Waals surface area contributed by atoms with Crippen molar-refractivity contribution in [3.05, 3.63) is 60.2 Å². The summed E-state index contributed by atoms with van der Waals surface area (Å²) in [7, 11) is 1.97. The van der Waals surface area contributed by atoms with Crippen molar-refractivity contribution < 1.29 is 9.63 Å². The Labute approximate surface area is 146 Å². The van der Waals surface area contributed by atoms with Crippen molar-refractivity contribution in [1.82, 2.24) is 15.1 Å². The molecule has 2 heterocycles. The Morgan fingerprint density at radius 3 is 2.72 bits per heavy atom. The van der Waals surface area contributed by atoms with Gasteiger partial charge in [-0.2, -0.15) is 0 Å². The molecule has 0 atom stereocenters. The summed E-state index contributed by atoms with van der Waals surface area (Å²) < 4.78 is 5.45.